The third-order valence-corrected chi connectivity index (χ3v) is 1.93. The number of hydrogen-bond acceptors (Lipinski definition) is 3. The van der Waals surface area contributed by atoms with E-state index in [2.05, 4.69) is 11.4 Å². The highest BCUT2D eigenvalue weighted by Crippen LogP contribution is 2.17. The number of benzene rings is 1. The van der Waals surface area contributed by atoms with Crippen LogP contribution in [0.1, 0.15) is 24.9 Å². The van der Waals surface area contributed by atoms with E-state index in [-0.39, 0.29) is 11.8 Å². The largest absolute Gasteiger partial charge is 0.508 e. The van der Waals surface area contributed by atoms with E-state index >= 15 is 0 Å². The van der Waals surface area contributed by atoms with Gasteiger partial charge in [0.05, 0.1) is 6.07 Å². The fourth-order valence-corrected chi connectivity index (χ4v) is 1.23. The second-order valence-corrected chi connectivity index (χ2v) is 3.11. The van der Waals surface area contributed by atoms with Crippen molar-refractivity contribution in [1.29, 1.82) is 5.26 Å². The van der Waals surface area contributed by atoms with Gasteiger partial charge in [-0.15, -0.1) is 0 Å². The van der Waals surface area contributed by atoms with Gasteiger partial charge in [0.1, 0.15) is 11.8 Å². The van der Waals surface area contributed by atoms with Crippen molar-refractivity contribution >= 4 is 0 Å². The number of rotatable bonds is 4. The van der Waals surface area contributed by atoms with Crippen LogP contribution >= 0.6 is 0 Å². The summed E-state index contributed by atoms with van der Waals surface area (Å²) < 4.78 is 0. The molecule has 0 spiro atoms. The highest BCUT2D eigenvalue weighted by molar-refractivity contribution is 5.31. The third-order valence-electron chi connectivity index (χ3n) is 1.93. The Labute approximate surface area is 84.0 Å². The molecule has 74 valence electrons. The first-order chi connectivity index (χ1) is 6.77. The van der Waals surface area contributed by atoms with Crippen LogP contribution in [-0.4, -0.2) is 11.7 Å². The average Bonchev–Trinajstić information content (AvgIpc) is 2.19. The normalized spacial score (nSPS) is 12.0. The summed E-state index contributed by atoms with van der Waals surface area (Å²) in [5.74, 6) is 0.195. The molecule has 0 saturated heterocycles. The van der Waals surface area contributed by atoms with Crippen molar-refractivity contribution in [3.05, 3.63) is 29.8 Å². The maximum atomic E-state index is 9.25. The molecule has 0 aromatic heterocycles. The quantitative estimate of drug-likeness (QED) is 0.763. The van der Waals surface area contributed by atoms with Gasteiger partial charge in [0.2, 0.25) is 0 Å². The summed E-state index contributed by atoms with van der Waals surface area (Å²) >= 11 is 0. The zero-order valence-corrected chi connectivity index (χ0v) is 8.20. The Balaban J connectivity index is 2.75. The van der Waals surface area contributed by atoms with E-state index < -0.39 is 0 Å². The van der Waals surface area contributed by atoms with Crippen LogP contribution in [-0.2, 0) is 0 Å². The molecule has 3 heteroatoms. The van der Waals surface area contributed by atoms with Crippen molar-refractivity contribution in [1.82, 2.24) is 5.32 Å². The monoisotopic (exact) mass is 190 g/mol. The van der Waals surface area contributed by atoms with E-state index in [1.54, 1.807) is 18.2 Å². The number of nitriles is 1. The van der Waals surface area contributed by atoms with Gasteiger partial charge in [-0.25, -0.2) is 0 Å². The van der Waals surface area contributed by atoms with E-state index in [9.17, 15) is 5.11 Å². The van der Waals surface area contributed by atoms with Gasteiger partial charge in [-0.3, -0.25) is 5.32 Å². The molecule has 1 unspecified atom stereocenters. The predicted molar refractivity (Wildman–Crippen MR) is 54.8 cm³/mol. The average molecular weight is 190 g/mol. The molecule has 0 radical (unpaired) electrons. The summed E-state index contributed by atoms with van der Waals surface area (Å²) in [5.41, 5.74) is 0.806. The number of hydrogen-bond donors (Lipinski definition) is 2. The summed E-state index contributed by atoms with van der Waals surface area (Å²) in [6, 6.07) is 8.60. The molecule has 0 aliphatic heterocycles. The highest BCUT2D eigenvalue weighted by Gasteiger charge is 2.08. The van der Waals surface area contributed by atoms with Crippen molar-refractivity contribution in [2.45, 2.75) is 19.4 Å². The Morgan fingerprint density at radius 3 is 2.93 bits per heavy atom. The Morgan fingerprint density at radius 2 is 2.36 bits per heavy atom. The van der Waals surface area contributed by atoms with Crippen molar-refractivity contribution < 1.29 is 5.11 Å². The molecule has 0 saturated carbocycles. The first kappa shape index (κ1) is 10.6. The maximum Gasteiger partial charge on any atom is 0.121 e. The molecular weight excluding hydrogens is 176 g/mol. The molecule has 0 aliphatic rings. The molecule has 1 aromatic rings. The van der Waals surface area contributed by atoms with Gasteiger partial charge >= 0.3 is 0 Å². The highest BCUT2D eigenvalue weighted by atomic mass is 16.3. The van der Waals surface area contributed by atoms with Crippen molar-refractivity contribution in [2.75, 3.05) is 6.54 Å². The standard InChI is InChI=1S/C11H14N2O/c1-2-6-13-11(8-12)9-4-3-5-10(14)7-9/h3-5,7,11,13-14H,2,6H2,1H3. The molecule has 0 bridgehead atoms. The van der Waals surface area contributed by atoms with Crippen LogP contribution in [0.2, 0.25) is 0 Å². The van der Waals surface area contributed by atoms with Crippen LogP contribution in [0.15, 0.2) is 24.3 Å². The van der Waals surface area contributed by atoms with Gasteiger partial charge in [0.25, 0.3) is 0 Å². The minimum Gasteiger partial charge on any atom is -0.508 e. The van der Waals surface area contributed by atoms with Crippen LogP contribution in [0.25, 0.3) is 0 Å². The summed E-state index contributed by atoms with van der Waals surface area (Å²) in [6.45, 7) is 2.85. The summed E-state index contributed by atoms with van der Waals surface area (Å²) in [6.07, 6.45) is 0.983. The molecule has 3 nitrogen and oxygen atoms in total. The summed E-state index contributed by atoms with van der Waals surface area (Å²) in [7, 11) is 0. The van der Waals surface area contributed by atoms with E-state index in [1.165, 1.54) is 0 Å². The molecule has 2 N–H and O–H groups in total. The molecule has 0 amide bonds. The molecule has 1 aromatic carbocycles. The van der Waals surface area contributed by atoms with Crippen LogP contribution in [0.5, 0.6) is 5.75 Å². The minimum atomic E-state index is -0.331. The zero-order chi connectivity index (χ0) is 10.4. The Hall–Kier alpha value is -1.53. The number of nitrogens with zero attached hydrogens (tertiary/aromatic N) is 1. The Bertz CT molecular complexity index is 330. The maximum absolute atomic E-state index is 9.25. The molecule has 0 aliphatic carbocycles. The summed E-state index contributed by atoms with van der Waals surface area (Å²) in [5, 5.41) is 21.2. The van der Waals surface area contributed by atoms with Gasteiger partial charge in [-0.05, 0) is 30.7 Å². The number of phenolic OH excluding ortho intramolecular Hbond substituents is 1. The van der Waals surface area contributed by atoms with E-state index in [1.807, 2.05) is 13.0 Å². The second-order valence-electron chi connectivity index (χ2n) is 3.11. The summed E-state index contributed by atoms with van der Waals surface area (Å²) in [4.78, 5) is 0. The lowest BCUT2D eigenvalue weighted by molar-refractivity contribution is 0.473. The van der Waals surface area contributed by atoms with Gasteiger partial charge in [-0.1, -0.05) is 19.1 Å². The number of phenols is 1. The first-order valence-electron chi connectivity index (χ1n) is 4.70. The van der Waals surface area contributed by atoms with Crippen LogP contribution in [0.3, 0.4) is 0 Å². The van der Waals surface area contributed by atoms with Crippen LogP contribution in [0.4, 0.5) is 0 Å². The van der Waals surface area contributed by atoms with Gasteiger partial charge in [0, 0.05) is 0 Å². The van der Waals surface area contributed by atoms with E-state index in [0.717, 1.165) is 18.5 Å². The van der Waals surface area contributed by atoms with Crippen molar-refractivity contribution in [2.24, 2.45) is 0 Å². The molecule has 0 fully saturated rings. The van der Waals surface area contributed by atoms with Gasteiger partial charge < -0.3 is 5.11 Å². The topological polar surface area (TPSA) is 56.0 Å². The molecule has 1 atom stereocenters. The SMILES string of the molecule is CCCNC(C#N)c1cccc(O)c1. The van der Waals surface area contributed by atoms with Crippen LogP contribution < -0.4 is 5.32 Å². The van der Waals surface area contributed by atoms with Crippen LogP contribution in [0, 0.1) is 11.3 Å². The molecular formula is C11H14N2O. The fourth-order valence-electron chi connectivity index (χ4n) is 1.23. The predicted octanol–water partition coefficient (Wildman–Crippen LogP) is 1.96. The van der Waals surface area contributed by atoms with E-state index in [4.69, 9.17) is 5.26 Å². The Kier molecular flexibility index (Phi) is 3.96. The second kappa shape index (κ2) is 5.25. The van der Waals surface area contributed by atoms with Crippen molar-refractivity contribution in [3.63, 3.8) is 0 Å². The molecule has 14 heavy (non-hydrogen) atoms. The molecule has 1 rings (SSSR count). The molecule has 0 heterocycles. The lowest BCUT2D eigenvalue weighted by atomic mass is 10.1. The zero-order valence-electron chi connectivity index (χ0n) is 8.20. The van der Waals surface area contributed by atoms with E-state index in [0.29, 0.717) is 0 Å². The lowest BCUT2D eigenvalue weighted by Crippen LogP contribution is -2.20. The number of aromatic hydroxyl groups is 1. The van der Waals surface area contributed by atoms with Gasteiger partial charge in [0.15, 0.2) is 0 Å². The first-order valence-corrected chi connectivity index (χ1v) is 4.70. The lowest BCUT2D eigenvalue weighted by Gasteiger charge is -2.10. The minimum absolute atomic E-state index is 0.195. The van der Waals surface area contributed by atoms with Gasteiger partial charge in [-0.2, -0.15) is 5.26 Å². The third kappa shape index (κ3) is 2.75. The smallest absolute Gasteiger partial charge is 0.121 e. The van der Waals surface area contributed by atoms with Crippen molar-refractivity contribution in [3.8, 4) is 11.8 Å². The fraction of sp³-hybridized carbons (Fsp3) is 0.364. The Morgan fingerprint density at radius 1 is 1.57 bits per heavy atom. The number of nitrogens with one attached hydrogen (secondary N) is 1.